The summed E-state index contributed by atoms with van der Waals surface area (Å²) in [6.07, 6.45) is 0. The molecule has 0 fully saturated rings. The van der Waals surface area contributed by atoms with Crippen LogP contribution in [0.5, 0.6) is 0 Å². The van der Waals surface area contributed by atoms with Gasteiger partial charge >= 0.3 is 0 Å². The number of hydrogen-bond acceptors (Lipinski definition) is 2. The van der Waals surface area contributed by atoms with Crippen molar-refractivity contribution < 1.29 is 0 Å². The first-order chi connectivity index (χ1) is 5.65. The lowest BCUT2D eigenvalue weighted by atomic mass is 10.1. The van der Waals surface area contributed by atoms with Crippen LogP contribution in [0.2, 0.25) is 10.0 Å². The normalized spacial score (nSPS) is 12.2. The Labute approximate surface area is 80.5 Å². The molecule has 0 aliphatic rings. The lowest BCUT2D eigenvalue weighted by Gasteiger charge is -2.03. The van der Waals surface area contributed by atoms with Gasteiger partial charge in [-0.2, -0.15) is 5.26 Å². The van der Waals surface area contributed by atoms with E-state index in [9.17, 15) is 0 Å². The molecule has 0 aliphatic heterocycles. The molecule has 0 radical (unpaired) electrons. The topological polar surface area (TPSA) is 49.8 Å². The summed E-state index contributed by atoms with van der Waals surface area (Å²) in [6, 6.07) is 6.16. The minimum absolute atomic E-state index is 0.417. The molecule has 0 saturated heterocycles. The van der Waals surface area contributed by atoms with Crippen LogP contribution in [0, 0.1) is 11.3 Å². The molecule has 0 aromatic heterocycles. The highest BCUT2D eigenvalue weighted by Gasteiger charge is 2.05. The summed E-state index contributed by atoms with van der Waals surface area (Å²) in [5.74, 6) is 0. The zero-order valence-electron chi connectivity index (χ0n) is 6.09. The molecule has 4 heteroatoms. The zero-order valence-corrected chi connectivity index (χ0v) is 7.60. The summed E-state index contributed by atoms with van der Waals surface area (Å²) in [5.41, 5.74) is 6.12. The molecule has 0 spiro atoms. The molecule has 1 rings (SSSR count). The molecule has 2 N–H and O–H groups in total. The maximum Gasteiger partial charge on any atom is 0.118 e. The Hall–Kier alpha value is -0.750. The number of nitriles is 1. The Morgan fingerprint density at radius 1 is 1.33 bits per heavy atom. The summed E-state index contributed by atoms with van der Waals surface area (Å²) in [5, 5.41) is 9.38. The van der Waals surface area contributed by atoms with Gasteiger partial charge in [-0.1, -0.05) is 29.3 Å². The molecule has 1 aromatic carbocycles. The maximum atomic E-state index is 8.50. The third kappa shape index (κ3) is 1.89. The fraction of sp³-hybridized carbons (Fsp3) is 0.125. The Bertz CT molecular complexity index is 330. The number of hydrogen-bond donors (Lipinski definition) is 1. The van der Waals surface area contributed by atoms with Crippen LogP contribution >= 0.6 is 23.2 Å². The Kier molecular flexibility index (Phi) is 2.93. The highest BCUT2D eigenvalue weighted by molar-refractivity contribution is 6.42. The number of benzene rings is 1. The van der Waals surface area contributed by atoms with Gasteiger partial charge in [0.25, 0.3) is 0 Å². The smallest absolute Gasteiger partial charge is 0.118 e. The van der Waals surface area contributed by atoms with Gasteiger partial charge in [0.1, 0.15) is 6.04 Å². The summed E-state index contributed by atoms with van der Waals surface area (Å²) in [7, 11) is 0. The first-order valence-electron chi connectivity index (χ1n) is 3.25. The van der Waals surface area contributed by atoms with Gasteiger partial charge in [-0.3, -0.25) is 0 Å². The van der Waals surface area contributed by atoms with E-state index < -0.39 is 6.04 Å². The number of rotatable bonds is 1. The van der Waals surface area contributed by atoms with Gasteiger partial charge in [0.15, 0.2) is 0 Å². The van der Waals surface area contributed by atoms with Crippen LogP contribution in [0.3, 0.4) is 0 Å². The second kappa shape index (κ2) is 3.77. The van der Waals surface area contributed by atoms with Gasteiger partial charge in [0.05, 0.1) is 16.1 Å². The number of nitrogens with two attached hydrogens (primary N) is 1. The SMILES string of the molecule is N#C[C@@H](N)c1ccc(Cl)c(Cl)c1. The third-order valence-corrected chi connectivity index (χ3v) is 2.18. The highest BCUT2D eigenvalue weighted by Crippen LogP contribution is 2.24. The molecule has 0 aliphatic carbocycles. The van der Waals surface area contributed by atoms with Crippen LogP contribution in [-0.4, -0.2) is 0 Å². The van der Waals surface area contributed by atoms with Crippen molar-refractivity contribution in [2.45, 2.75) is 6.04 Å². The summed E-state index contributed by atoms with van der Waals surface area (Å²) >= 11 is 11.4. The van der Waals surface area contributed by atoms with E-state index in [0.717, 1.165) is 0 Å². The number of halogens is 2. The largest absolute Gasteiger partial charge is 0.312 e. The molecule has 1 atom stereocenters. The minimum Gasteiger partial charge on any atom is -0.312 e. The first kappa shape index (κ1) is 9.34. The predicted octanol–water partition coefficient (Wildman–Crippen LogP) is 2.52. The second-order valence-electron chi connectivity index (χ2n) is 2.28. The van der Waals surface area contributed by atoms with Crippen molar-refractivity contribution in [3.63, 3.8) is 0 Å². The molecule has 1 aromatic rings. The van der Waals surface area contributed by atoms with Crippen molar-refractivity contribution >= 4 is 23.2 Å². The lowest BCUT2D eigenvalue weighted by Crippen LogP contribution is -2.06. The molecule has 0 unspecified atom stereocenters. The molecular weight excluding hydrogens is 195 g/mol. The summed E-state index contributed by atoms with van der Waals surface area (Å²) in [4.78, 5) is 0. The van der Waals surface area contributed by atoms with Crippen LogP contribution < -0.4 is 5.73 Å². The van der Waals surface area contributed by atoms with Crippen molar-refractivity contribution in [3.8, 4) is 6.07 Å². The second-order valence-corrected chi connectivity index (χ2v) is 3.09. The molecule has 0 bridgehead atoms. The predicted molar refractivity (Wildman–Crippen MR) is 49.0 cm³/mol. The van der Waals surface area contributed by atoms with Crippen molar-refractivity contribution in [3.05, 3.63) is 33.8 Å². The van der Waals surface area contributed by atoms with Gasteiger partial charge in [0, 0.05) is 0 Å². The van der Waals surface area contributed by atoms with Gasteiger partial charge in [-0.25, -0.2) is 0 Å². The van der Waals surface area contributed by atoms with Crippen LogP contribution in [-0.2, 0) is 0 Å². The van der Waals surface area contributed by atoms with E-state index in [1.165, 1.54) is 0 Å². The van der Waals surface area contributed by atoms with E-state index in [1.807, 2.05) is 6.07 Å². The first-order valence-corrected chi connectivity index (χ1v) is 4.01. The standard InChI is InChI=1S/C8H6Cl2N2/c9-6-2-1-5(3-7(6)10)8(12)4-11/h1-3,8H,12H2/t8-/m1/s1. The molecule has 0 saturated carbocycles. The zero-order chi connectivity index (χ0) is 9.14. The van der Waals surface area contributed by atoms with E-state index in [-0.39, 0.29) is 0 Å². The summed E-state index contributed by atoms with van der Waals surface area (Å²) < 4.78 is 0. The Balaban J connectivity index is 3.06. The van der Waals surface area contributed by atoms with E-state index in [2.05, 4.69) is 0 Å². The third-order valence-electron chi connectivity index (χ3n) is 1.44. The lowest BCUT2D eigenvalue weighted by molar-refractivity contribution is 0.926. The molecule has 0 amide bonds. The molecule has 0 heterocycles. The van der Waals surface area contributed by atoms with Crippen LogP contribution in [0.1, 0.15) is 11.6 Å². The fourth-order valence-electron chi connectivity index (χ4n) is 0.780. The maximum absolute atomic E-state index is 8.50. The number of nitrogens with zero attached hydrogens (tertiary/aromatic N) is 1. The fourth-order valence-corrected chi connectivity index (χ4v) is 1.09. The Morgan fingerprint density at radius 2 is 2.00 bits per heavy atom. The highest BCUT2D eigenvalue weighted by atomic mass is 35.5. The van der Waals surface area contributed by atoms with E-state index in [4.69, 9.17) is 34.2 Å². The van der Waals surface area contributed by atoms with Gasteiger partial charge in [0.2, 0.25) is 0 Å². The monoisotopic (exact) mass is 200 g/mol. The van der Waals surface area contributed by atoms with Crippen LogP contribution in [0.15, 0.2) is 18.2 Å². The van der Waals surface area contributed by atoms with Crippen molar-refractivity contribution in [2.24, 2.45) is 5.73 Å². The van der Waals surface area contributed by atoms with Crippen LogP contribution in [0.25, 0.3) is 0 Å². The van der Waals surface area contributed by atoms with E-state index >= 15 is 0 Å². The van der Waals surface area contributed by atoms with Gasteiger partial charge in [-0.15, -0.1) is 0 Å². The quantitative estimate of drug-likeness (QED) is 0.758. The summed E-state index contributed by atoms with van der Waals surface area (Å²) in [6.45, 7) is 0. The molecule has 62 valence electrons. The van der Waals surface area contributed by atoms with Gasteiger partial charge < -0.3 is 5.73 Å². The van der Waals surface area contributed by atoms with Crippen molar-refractivity contribution in [1.29, 1.82) is 5.26 Å². The average Bonchev–Trinajstić information content (AvgIpc) is 2.08. The molecular formula is C8H6Cl2N2. The van der Waals surface area contributed by atoms with Crippen molar-refractivity contribution in [1.82, 2.24) is 0 Å². The minimum atomic E-state index is -0.639. The van der Waals surface area contributed by atoms with Crippen LogP contribution in [0.4, 0.5) is 0 Å². The van der Waals surface area contributed by atoms with Crippen molar-refractivity contribution in [2.75, 3.05) is 0 Å². The van der Waals surface area contributed by atoms with E-state index in [0.29, 0.717) is 15.6 Å². The van der Waals surface area contributed by atoms with E-state index in [1.54, 1.807) is 18.2 Å². The van der Waals surface area contributed by atoms with Gasteiger partial charge in [-0.05, 0) is 17.7 Å². The molecule has 2 nitrogen and oxygen atoms in total. The Morgan fingerprint density at radius 3 is 2.50 bits per heavy atom. The average molecular weight is 201 g/mol. The molecule has 12 heavy (non-hydrogen) atoms.